The number of carbonyl (C=O) groups is 1. The van der Waals surface area contributed by atoms with E-state index in [-0.39, 0.29) is 29.9 Å². The molecule has 0 aromatic heterocycles. The Hall–Kier alpha value is -1.31. The van der Waals surface area contributed by atoms with Crippen molar-refractivity contribution >= 4 is 15.8 Å². The van der Waals surface area contributed by atoms with E-state index in [0.717, 1.165) is 0 Å². The molecule has 2 rings (SSSR count). The summed E-state index contributed by atoms with van der Waals surface area (Å²) in [6, 6.07) is 5.47. The van der Waals surface area contributed by atoms with Crippen LogP contribution >= 0.6 is 0 Å². The molecule has 0 radical (unpaired) electrons. The van der Waals surface area contributed by atoms with Crippen molar-refractivity contribution in [3.63, 3.8) is 0 Å². The van der Waals surface area contributed by atoms with Gasteiger partial charge in [0.1, 0.15) is 5.82 Å². The Balaban J connectivity index is 1.94. The molecular formula is C15H20FNO4S. The van der Waals surface area contributed by atoms with Gasteiger partial charge in [-0.2, -0.15) is 0 Å². The van der Waals surface area contributed by atoms with Gasteiger partial charge >= 0.3 is 0 Å². The van der Waals surface area contributed by atoms with Gasteiger partial charge in [-0.25, -0.2) is 17.1 Å². The van der Waals surface area contributed by atoms with Crippen molar-refractivity contribution in [1.82, 2.24) is 4.31 Å². The molecule has 22 heavy (non-hydrogen) atoms. The summed E-state index contributed by atoms with van der Waals surface area (Å²) < 4.78 is 43.2. The summed E-state index contributed by atoms with van der Waals surface area (Å²) >= 11 is 0. The fourth-order valence-electron chi connectivity index (χ4n) is 2.56. The van der Waals surface area contributed by atoms with E-state index in [1.807, 2.05) is 0 Å². The van der Waals surface area contributed by atoms with Crippen molar-refractivity contribution in [1.29, 1.82) is 0 Å². The molecule has 0 amide bonds. The van der Waals surface area contributed by atoms with Crippen molar-refractivity contribution in [2.75, 3.05) is 32.6 Å². The van der Waals surface area contributed by atoms with Gasteiger partial charge in [0, 0.05) is 31.7 Å². The molecule has 0 bridgehead atoms. The summed E-state index contributed by atoms with van der Waals surface area (Å²) in [5.41, 5.74) is 0.474. The lowest BCUT2D eigenvalue weighted by Gasteiger charge is -2.30. The van der Waals surface area contributed by atoms with Crippen LogP contribution in [0.15, 0.2) is 24.3 Å². The first-order chi connectivity index (χ1) is 10.4. The first-order valence-corrected chi connectivity index (χ1v) is 8.81. The van der Waals surface area contributed by atoms with Crippen LogP contribution in [0, 0.1) is 11.7 Å². The van der Waals surface area contributed by atoms with Crippen LogP contribution in [0.4, 0.5) is 4.39 Å². The maximum atomic E-state index is 12.9. The maximum absolute atomic E-state index is 12.9. The summed E-state index contributed by atoms with van der Waals surface area (Å²) in [6.45, 7) is 0.837. The number of rotatable bonds is 6. The predicted molar refractivity (Wildman–Crippen MR) is 80.7 cm³/mol. The highest BCUT2D eigenvalue weighted by Gasteiger charge is 2.31. The van der Waals surface area contributed by atoms with E-state index in [1.165, 1.54) is 35.7 Å². The number of sulfonamides is 1. The van der Waals surface area contributed by atoms with Crippen LogP contribution in [-0.4, -0.2) is 51.1 Å². The Labute approximate surface area is 130 Å². The van der Waals surface area contributed by atoms with Gasteiger partial charge in [0.2, 0.25) is 10.0 Å². The van der Waals surface area contributed by atoms with Gasteiger partial charge in [0.25, 0.3) is 0 Å². The molecule has 1 aromatic carbocycles. The van der Waals surface area contributed by atoms with E-state index < -0.39 is 10.0 Å². The quantitative estimate of drug-likeness (QED) is 0.745. The number of piperidine rings is 1. The lowest BCUT2D eigenvalue weighted by atomic mass is 9.90. The molecule has 0 N–H and O–H groups in total. The Morgan fingerprint density at radius 3 is 2.41 bits per heavy atom. The lowest BCUT2D eigenvalue weighted by Crippen LogP contribution is -2.41. The van der Waals surface area contributed by atoms with Crippen molar-refractivity contribution in [2.24, 2.45) is 5.92 Å². The minimum absolute atomic E-state index is 0.0416. The Bertz CT molecular complexity index is 607. The van der Waals surface area contributed by atoms with Gasteiger partial charge in [-0.15, -0.1) is 0 Å². The van der Waals surface area contributed by atoms with E-state index >= 15 is 0 Å². The minimum atomic E-state index is -3.32. The summed E-state index contributed by atoms with van der Waals surface area (Å²) in [5.74, 6) is -0.677. The first-order valence-electron chi connectivity index (χ1n) is 7.20. The van der Waals surface area contributed by atoms with E-state index in [1.54, 1.807) is 0 Å². The second kappa shape index (κ2) is 7.30. The van der Waals surface area contributed by atoms with Gasteiger partial charge in [-0.1, -0.05) is 0 Å². The van der Waals surface area contributed by atoms with Gasteiger partial charge < -0.3 is 4.74 Å². The van der Waals surface area contributed by atoms with Crippen LogP contribution in [0.5, 0.6) is 0 Å². The van der Waals surface area contributed by atoms with Crippen LogP contribution in [0.25, 0.3) is 0 Å². The van der Waals surface area contributed by atoms with Gasteiger partial charge in [-0.05, 0) is 37.1 Å². The number of ether oxygens (including phenoxy) is 1. The van der Waals surface area contributed by atoms with Crippen LogP contribution in [0.1, 0.15) is 23.2 Å². The molecule has 0 unspecified atom stereocenters. The topological polar surface area (TPSA) is 63.7 Å². The Morgan fingerprint density at radius 2 is 1.86 bits per heavy atom. The summed E-state index contributed by atoms with van der Waals surface area (Å²) in [6.07, 6.45) is 0.977. The molecule has 1 fully saturated rings. The number of halogens is 1. The number of methoxy groups -OCH3 is 1. The van der Waals surface area contributed by atoms with Crippen LogP contribution in [0.3, 0.4) is 0 Å². The van der Waals surface area contributed by atoms with E-state index in [2.05, 4.69) is 0 Å². The highest BCUT2D eigenvalue weighted by Crippen LogP contribution is 2.23. The number of nitrogens with zero attached hydrogens (tertiary/aromatic N) is 1. The molecule has 0 spiro atoms. The summed E-state index contributed by atoms with van der Waals surface area (Å²) in [4.78, 5) is 12.3. The number of ketones is 1. The van der Waals surface area contributed by atoms with Crippen molar-refractivity contribution in [3.05, 3.63) is 35.6 Å². The van der Waals surface area contributed by atoms with E-state index in [0.29, 0.717) is 31.5 Å². The molecule has 7 heteroatoms. The SMILES string of the molecule is COCCS(=O)(=O)N1CCC(C(=O)c2ccc(F)cc2)CC1. The standard InChI is InChI=1S/C15H20FNO4S/c1-21-10-11-22(19,20)17-8-6-13(7-9-17)15(18)12-2-4-14(16)5-3-12/h2-5,13H,6-11H2,1H3. The lowest BCUT2D eigenvalue weighted by molar-refractivity contribution is 0.0875. The normalized spacial score (nSPS) is 17.5. The number of carbonyl (C=O) groups excluding carboxylic acids is 1. The molecule has 1 aliphatic rings. The highest BCUT2D eigenvalue weighted by molar-refractivity contribution is 7.89. The van der Waals surface area contributed by atoms with Gasteiger partial charge in [-0.3, -0.25) is 4.79 Å². The van der Waals surface area contributed by atoms with Crippen molar-refractivity contribution < 1.29 is 22.3 Å². The largest absolute Gasteiger partial charge is 0.384 e. The molecule has 0 saturated carbocycles. The number of hydrogen-bond donors (Lipinski definition) is 0. The van der Waals surface area contributed by atoms with Gasteiger partial charge in [0.05, 0.1) is 12.4 Å². The summed E-state index contributed by atoms with van der Waals surface area (Å²) in [5, 5.41) is 0. The van der Waals surface area contributed by atoms with Crippen molar-refractivity contribution in [2.45, 2.75) is 12.8 Å². The van der Waals surface area contributed by atoms with Crippen molar-refractivity contribution in [3.8, 4) is 0 Å². The van der Waals surface area contributed by atoms with Crippen LogP contribution in [-0.2, 0) is 14.8 Å². The Morgan fingerprint density at radius 1 is 1.27 bits per heavy atom. The van der Waals surface area contributed by atoms with Crippen LogP contribution < -0.4 is 0 Å². The molecule has 122 valence electrons. The third-order valence-electron chi connectivity index (χ3n) is 3.89. The third kappa shape index (κ3) is 4.12. The minimum Gasteiger partial charge on any atom is -0.384 e. The molecule has 1 aromatic rings. The monoisotopic (exact) mass is 329 g/mol. The second-order valence-electron chi connectivity index (χ2n) is 5.35. The predicted octanol–water partition coefficient (Wildman–Crippen LogP) is 1.70. The average Bonchev–Trinajstić information content (AvgIpc) is 2.53. The zero-order valence-corrected chi connectivity index (χ0v) is 13.3. The molecule has 5 nitrogen and oxygen atoms in total. The molecule has 0 aliphatic carbocycles. The molecule has 1 aliphatic heterocycles. The number of benzene rings is 1. The first kappa shape index (κ1) is 17.1. The highest BCUT2D eigenvalue weighted by atomic mass is 32.2. The third-order valence-corrected chi connectivity index (χ3v) is 5.73. The Kier molecular flexibility index (Phi) is 5.66. The smallest absolute Gasteiger partial charge is 0.216 e. The van der Waals surface area contributed by atoms with Crippen LogP contribution in [0.2, 0.25) is 0 Å². The number of hydrogen-bond acceptors (Lipinski definition) is 4. The average molecular weight is 329 g/mol. The zero-order valence-electron chi connectivity index (χ0n) is 12.5. The fourth-order valence-corrected chi connectivity index (χ4v) is 3.97. The molecule has 0 atom stereocenters. The molecule has 1 heterocycles. The fraction of sp³-hybridized carbons (Fsp3) is 0.533. The maximum Gasteiger partial charge on any atom is 0.216 e. The molecular weight excluding hydrogens is 309 g/mol. The van der Waals surface area contributed by atoms with E-state index in [9.17, 15) is 17.6 Å². The summed E-state index contributed by atoms with van der Waals surface area (Å²) in [7, 11) is -1.86. The van der Waals surface area contributed by atoms with E-state index in [4.69, 9.17) is 4.74 Å². The number of Topliss-reactive ketones (excluding diaryl/α,β-unsaturated/α-hetero) is 1. The molecule has 1 saturated heterocycles. The van der Waals surface area contributed by atoms with Gasteiger partial charge in [0.15, 0.2) is 5.78 Å². The zero-order chi connectivity index (χ0) is 16.2. The second-order valence-corrected chi connectivity index (χ2v) is 7.44.